The summed E-state index contributed by atoms with van der Waals surface area (Å²) in [5, 5.41) is 0.431. The van der Waals surface area contributed by atoms with Crippen molar-refractivity contribution in [3.63, 3.8) is 0 Å². The maximum atomic E-state index is 12.3. The zero-order valence-electron chi connectivity index (χ0n) is 10.0. The molecule has 0 radical (unpaired) electrons. The minimum absolute atomic E-state index is 0.00398. The molecule has 0 spiro atoms. The Morgan fingerprint density at radius 3 is 2.76 bits per heavy atom. The first-order chi connectivity index (χ1) is 8.20. The van der Waals surface area contributed by atoms with Crippen LogP contribution in [0, 0.1) is 0 Å². The molecule has 3 nitrogen and oxygen atoms in total. The SMILES string of the molecule is CN(C(=O)c1ccncc1Cl)C1CCCCC1. The monoisotopic (exact) mass is 252 g/mol. The van der Waals surface area contributed by atoms with Crippen molar-refractivity contribution in [3.8, 4) is 0 Å². The van der Waals surface area contributed by atoms with Crippen LogP contribution in [0.4, 0.5) is 0 Å². The van der Waals surface area contributed by atoms with E-state index < -0.39 is 0 Å². The van der Waals surface area contributed by atoms with Crippen molar-refractivity contribution >= 4 is 17.5 Å². The van der Waals surface area contributed by atoms with Crippen molar-refractivity contribution in [1.29, 1.82) is 0 Å². The number of rotatable bonds is 2. The van der Waals surface area contributed by atoms with Gasteiger partial charge in [0.25, 0.3) is 5.91 Å². The number of aromatic nitrogens is 1. The van der Waals surface area contributed by atoms with Crippen molar-refractivity contribution in [1.82, 2.24) is 9.88 Å². The van der Waals surface area contributed by atoms with Gasteiger partial charge in [-0.2, -0.15) is 0 Å². The molecule has 1 aromatic heterocycles. The van der Waals surface area contributed by atoms with Crippen LogP contribution in [0.15, 0.2) is 18.5 Å². The van der Waals surface area contributed by atoms with Gasteiger partial charge in [0, 0.05) is 25.5 Å². The molecule has 1 fully saturated rings. The molecule has 0 aliphatic heterocycles. The van der Waals surface area contributed by atoms with Crippen LogP contribution in [-0.2, 0) is 0 Å². The molecule has 0 bridgehead atoms. The fourth-order valence-electron chi connectivity index (χ4n) is 2.37. The second-order valence-electron chi connectivity index (χ2n) is 4.56. The van der Waals surface area contributed by atoms with E-state index in [1.54, 1.807) is 12.3 Å². The first-order valence-corrected chi connectivity index (χ1v) is 6.44. The van der Waals surface area contributed by atoms with Gasteiger partial charge in [0.15, 0.2) is 0 Å². The number of hydrogen-bond donors (Lipinski definition) is 0. The summed E-state index contributed by atoms with van der Waals surface area (Å²) < 4.78 is 0. The third-order valence-corrected chi connectivity index (χ3v) is 3.75. The lowest BCUT2D eigenvalue weighted by atomic mass is 9.94. The highest BCUT2D eigenvalue weighted by molar-refractivity contribution is 6.33. The van der Waals surface area contributed by atoms with Gasteiger partial charge in [-0.1, -0.05) is 30.9 Å². The normalized spacial score (nSPS) is 16.8. The lowest BCUT2D eigenvalue weighted by Crippen LogP contribution is -2.38. The van der Waals surface area contributed by atoms with Gasteiger partial charge in [-0.05, 0) is 18.9 Å². The Morgan fingerprint density at radius 2 is 2.12 bits per heavy atom. The smallest absolute Gasteiger partial charge is 0.255 e. The highest BCUT2D eigenvalue weighted by atomic mass is 35.5. The van der Waals surface area contributed by atoms with Crippen LogP contribution in [0.25, 0.3) is 0 Å². The van der Waals surface area contributed by atoms with Crippen molar-refractivity contribution in [2.45, 2.75) is 38.1 Å². The number of hydrogen-bond acceptors (Lipinski definition) is 2. The molecule has 0 unspecified atom stereocenters. The van der Waals surface area contributed by atoms with E-state index in [9.17, 15) is 4.79 Å². The van der Waals surface area contributed by atoms with Crippen molar-refractivity contribution in [2.75, 3.05) is 7.05 Å². The van der Waals surface area contributed by atoms with E-state index >= 15 is 0 Å². The van der Waals surface area contributed by atoms with Crippen LogP contribution in [0.5, 0.6) is 0 Å². The van der Waals surface area contributed by atoms with E-state index in [2.05, 4.69) is 4.98 Å². The van der Waals surface area contributed by atoms with Gasteiger partial charge in [-0.25, -0.2) is 0 Å². The third kappa shape index (κ3) is 2.78. The Kier molecular flexibility index (Phi) is 4.00. The molecular weight excluding hydrogens is 236 g/mol. The molecule has 1 aliphatic carbocycles. The lowest BCUT2D eigenvalue weighted by molar-refractivity contribution is 0.0696. The Bertz CT molecular complexity index is 402. The van der Waals surface area contributed by atoms with Crippen molar-refractivity contribution in [3.05, 3.63) is 29.0 Å². The second kappa shape index (κ2) is 5.50. The zero-order chi connectivity index (χ0) is 12.3. The molecule has 17 heavy (non-hydrogen) atoms. The molecule has 92 valence electrons. The molecule has 2 rings (SSSR count). The van der Waals surface area contributed by atoms with E-state index in [0.29, 0.717) is 16.6 Å². The summed E-state index contributed by atoms with van der Waals surface area (Å²) in [4.78, 5) is 18.0. The topological polar surface area (TPSA) is 33.2 Å². The minimum Gasteiger partial charge on any atom is -0.339 e. The summed E-state index contributed by atoms with van der Waals surface area (Å²) in [6.07, 6.45) is 9.04. The molecule has 0 aromatic carbocycles. The van der Waals surface area contributed by atoms with Crippen molar-refractivity contribution < 1.29 is 4.79 Å². The molecule has 4 heteroatoms. The fourth-order valence-corrected chi connectivity index (χ4v) is 2.57. The van der Waals surface area contributed by atoms with Crippen LogP contribution in [0.3, 0.4) is 0 Å². The van der Waals surface area contributed by atoms with E-state index in [4.69, 9.17) is 11.6 Å². The summed E-state index contributed by atoms with van der Waals surface area (Å²) in [5.74, 6) is 0.00398. The van der Waals surface area contributed by atoms with Crippen molar-refractivity contribution in [2.24, 2.45) is 0 Å². The fraction of sp³-hybridized carbons (Fsp3) is 0.538. The number of carbonyl (C=O) groups is 1. The predicted octanol–water partition coefficient (Wildman–Crippen LogP) is 3.14. The second-order valence-corrected chi connectivity index (χ2v) is 4.97. The average Bonchev–Trinajstić information content (AvgIpc) is 2.39. The highest BCUT2D eigenvalue weighted by Crippen LogP contribution is 2.24. The van der Waals surface area contributed by atoms with E-state index in [0.717, 1.165) is 12.8 Å². The minimum atomic E-state index is 0.00398. The Morgan fingerprint density at radius 1 is 1.41 bits per heavy atom. The Balaban J connectivity index is 2.11. The number of nitrogens with zero attached hydrogens (tertiary/aromatic N) is 2. The largest absolute Gasteiger partial charge is 0.339 e. The van der Waals surface area contributed by atoms with Crippen LogP contribution in [0.1, 0.15) is 42.5 Å². The number of amides is 1. The molecule has 1 saturated carbocycles. The Hall–Kier alpha value is -1.09. The number of carbonyl (C=O) groups excluding carboxylic acids is 1. The predicted molar refractivity (Wildman–Crippen MR) is 68.2 cm³/mol. The maximum absolute atomic E-state index is 12.3. The Labute approximate surface area is 107 Å². The first-order valence-electron chi connectivity index (χ1n) is 6.07. The summed E-state index contributed by atoms with van der Waals surface area (Å²) in [6.45, 7) is 0. The molecule has 1 aliphatic rings. The van der Waals surface area contributed by atoms with Gasteiger partial charge in [0.2, 0.25) is 0 Å². The maximum Gasteiger partial charge on any atom is 0.255 e. The zero-order valence-corrected chi connectivity index (χ0v) is 10.8. The van der Waals surface area contributed by atoms with Gasteiger partial charge in [0.05, 0.1) is 10.6 Å². The molecule has 1 aromatic rings. The van der Waals surface area contributed by atoms with Gasteiger partial charge in [-0.15, -0.1) is 0 Å². The van der Waals surface area contributed by atoms with Crippen LogP contribution < -0.4 is 0 Å². The van der Waals surface area contributed by atoms with E-state index in [-0.39, 0.29) is 5.91 Å². The molecular formula is C13H17ClN2O. The van der Waals surface area contributed by atoms with Crippen LogP contribution >= 0.6 is 11.6 Å². The molecule has 0 atom stereocenters. The average molecular weight is 253 g/mol. The molecule has 0 N–H and O–H groups in total. The molecule has 1 heterocycles. The summed E-state index contributed by atoms with van der Waals surface area (Å²) >= 11 is 5.99. The quantitative estimate of drug-likeness (QED) is 0.810. The first kappa shape index (κ1) is 12.4. The molecule has 0 saturated heterocycles. The summed E-state index contributed by atoms with van der Waals surface area (Å²) in [6, 6.07) is 2.05. The van der Waals surface area contributed by atoms with Gasteiger partial charge < -0.3 is 4.90 Å². The van der Waals surface area contributed by atoms with Crippen LogP contribution in [0.2, 0.25) is 5.02 Å². The summed E-state index contributed by atoms with van der Waals surface area (Å²) in [5.41, 5.74) is 0.551. The highest BCUT2D eigenvalue weighted by Gasteiger charge is 2.24. The summed E-state index contributed by atoms with van der Waals surface area (Å²) in [7, 11) is 1.87. The van der Waals surface area contributed by atoms with E-state index in [1.165, 1.54) is 25.5 Å². The third-order valence-electron chi connectivity index (χ3n) is 3.45. The lowest BCUT2D eigenvalue weighted by Gasteiger charge is -2.31. The van der Waals surface area contributed by atoms with Gasteiger partial charge >= 0.3 is 0 Å². The van der Waals surface area contributed by atoms with E-state index in [1.807, 2.05) is 11.9 Å². The van der Waals surface area contributed by atoms with Gasteiger partial charge in [0.1, 0.15) is 0 Å². The van der Waals surface area contributed by atoms with Crippen LogP contribution in [-0.4, -0.2) is 28.9 Å². The van der Waals surface area contributed by atoms with Gasteiger partial charge in [-0.3, -0.25) is 9.78 Å². The number of pyridine rings is 1. The number of halogens is 1. The standard InChI is InChI=1S/C13H17ClN2O/c1-16(10-5-3-2-4-6-10)13(17)11-7-8-15-9-12(11)14/h7-10H,2-6H2,1H3. The molecule has 1 amide bonds.